The molecule has 0 saturated heterocycles. The van der Waals surface area contributed by atoms with Gasteiger partial charge in [-0.3, -0.25) is 0 Å². The summed E-state index contributed by atoms with van der Waals surface area (Å²) in [6.07, 6.45) is 1.16. The Hall–Kier alpha value is -0.803. The summed E-state index contributed by atoms with van der Waals surface area (Å²) in [7, 11) is -0.128. The minimum atomic E-state index is -0.128. The first-order chi connectivity index (χ1) is 5.93. The Labute approximate surface area is 76.1 Å². The molecule has 0 aliphatic carbocycles. The molecule has 0 unspecified atom stereocenters. The fourth-order valence-corrected chi connectivity index (χ4v) is 2.30. The van der Waals surface area contributed by atoms with Gasteiger partial charge in [0.25, 0.3) is 0 Å². The first-order valence-corrected chi connectivity index (χ1v) is 6.13. The highest BCUT2D eigenvalue weighted by atomic mass is 28.2. The lowest BCUT2D eigenvalue weighted by molar-refractivity contribution is 0.925. The van der Waals surface area contributed by atoms with Crippen molar-refractivity contribution in [2.24, 2.45) is 5.73 Å². The van der Waals surface area contributed by atoms with Gasteiger partial charge >= 0.3 is 0 Å². The molecule has 2 nitrogen and oxygen atoms in total. The van der Waals surface area contributed by atoms with Crippen molar-refractivity contribution in [3.8, 4) is 0 Å². The maximum atomic E-state index is 5.40. The van der Waals surface area contributed by atoms with E-state index < -0.39 is 0 Å². The zero-order chi connectivity index (χ0) is 8.65. The fourth-order valence-electron chi connectivity index (χ4n) is 1.06. The minimum absolute atomic E-state index is 0.128. The number of anilines is 1. The lowest BCUT2D eigenvalue weighted by Gasteiger charge is -2.03. The largest absolute Gasteiger partial charge is 0.416 e. The van der Waals surface area contributed by atoms with E-state index in [1.807, 2.05) is 6.07 Å². The molecule has 0 saturated carbocycles. The fraction of sp³-hybridized carbons (Fsp3) is 0.333. The van der Waals surface area contributed by atoms with Crippen LogP contribution in [0.3, 0.4) is 0 Å². The van der Waals surface area contributed by atoms with Crippen LogP contribution in [0.4, 0.5) is 5.69 Å². The van der Waals surface area contributed by atoms with E-state index in [0.29, 0.717) is 0 Å². The van der Waals surface area contributed by atoms with Crippen molar-refractivity contribution in [3.05, 3.63) is 30.3 Å². The second kappa shape index (κ2) is 5.80. The van der Waals surface area contributed by atoms with E-state index in [9.17, 15) is 0 Å². The second-order valence-electron chi connectivity index (χ2n) is 2.79. The Morgan fingerprint density at radius 3 is 2.67 bits per heavy atom. The minimum Gasteiger partial charge on any atom is -0.416 e. The summed E-state index contributed by atoms with van der Waals surface area (Å²) in [5.41, 5.74) is 6.65. The van der Waals surface area contributed by atoms with Crippen LogP contribution in [0.25, 0.3) is 0 Å². The Kier molecular flexibility index (Phi) is 4.49. The molecule has 66 valence electrons. The molecule has 1 aromatic rings. The van der Waals surface area contributed by atoms with Gasteiger partial charge in [-0.1, -0.05) is 18.2 Å². The SMILES string of the molecule is NCCC[SiH2]Nc1ccccc1. The third-order valence-corrected chi connectivity index (χ3v) is 3.25. The first-order valence-electron chi connectivity index (χ1n) is 4.42. The van der Waals surface area contributed by atoms with Gasteiger partial charge < -0.3 is 10.7 Å². The van der Waals surface area contributed by atoms with Crippen LogP contribution in [0.15, 0.2) is 30.3 Å². The highest BCUT2D eigenvalue weighted by molar-refractivity contribution is 6.40. The molecule has 3 N–H and O–H groups in total. The molecule has 0 amide bonds. The summed E-state index contributed by atoms with van der Waals surface area (Å²) in [6.45, 7) is 0.823. The quantitative estimate of drug-likeness (QED) is 0.523. The molecule has 0 aromatic heterocycles. The van der Waals surface area contributed by atoms with Gasteiger partial charge in [0, 0.05) is 5.69 Å². The van der Waals surface area contributed by atoms with Gasteiger partial charge in [0.15, 0.2) is 0 Å². The molecule has 12 heavy (non-hydrogen) atoms. The number of nitrogens with one attached hydrogen (secondary N) is 1. The standard InChI is InChI=1S/C9H16N2Si/c10-7-4-8-12-11-9-5-2-1-3-6-9/h1-3,5-6,11H,4,7-8,10,12H2. The molecule has 0 spiro atoms. The maximum absolute atomic E-state index is 5.40. The van der Waals surface area contributed by atoms with E-state index in [4.69, 9.17) is 5.73 Å². The summed E-state index contributed by atoms with van der Waals surface area (Å²) < 4.78 is 0. The van der Waals surface area contributed by atoms with Crippen LogP contribution in [-0.2, 0) is 0 Å². The molecule has 1 rings (SSSR count). The van der Waals surface area contributed by atoms with Gasteiger partial charge in [-0.2, -0.15) is 0 Å². The van der Waals surface area contributed by atoms with Crippen molar-refractivity contribution < 1.29 is 0 Å². The van der Waals surface area contributed by atoms with Crippen LogP contribution >= 0.6 is 0 Å². The topological polar surface area (TPSA) is 38.0 Å². The van der Waals surface area contributed by atoms with E-state index in [1.54, 1.807) is 0 Å². The highest BCUT2D eigenvalue weighted by Gasteiger charge is 1.89. The average molecular weight is 180 g/mol. The Morgan fingerprint density at radius 1 is 1.25 bits per heavy atom. The number of benzene rings is 1. The molecule has 0 fully saturated rings. The zero-order valence-corrected chi connectivity index (χ0v) is 8.71. The molecule has 0 radical (unpaired) electrons. The smallest absolute Gasteiger partial charge is 0.120 e. The molecular weight excluding hydrogens is 164 g/mol. The van der Waals surface area contributed by atoms with Gasteiger partial charge in [0.2, 0.25) is 0 Å². The predicted octanol–water partition coefficient (Wildman–Crippen LogP) is 0.949. The predicted molar refractivity (Wildman–Crippen MR) is 57.1 cm³/mol. The van der Waals surface area contributed by atoms with Crippen LogP contribution in [0.1, 0.15) is 6.42 Å². The van der Waals surface area contributed by atoms with Crippen molar-refractivity contribution in [3.63, 3.8) is 0 Å². The summed E-state index contributed by atoms with van der Waals surface area (Å²) >= 11 is 0. The number of hydrogen-bond donors (Lipinski definition) is 2. The van der Waals surface area contributed by atoms with Crippen LogP contribution in [0.2, 0.25) is 6.04 Å². The van der Waals surface area contributed by atoms with E-state index in [2.05, 4.69) is 29.2 Å². The second-order valence-corrected chi connectivity index (χ2v) is 4.35. The van der Waals surface area contributed by atoms with Gasteiger partial charge in [0.05, 0.1) is 0 Å². The third kappa shape index (κ3) is 3.55. The number of para-hydroxylation sites is 1. The third-order valence-electron chi connectivity index (χ3n) is 1.73. The van der Waals surface area contributed by atoms with E-state index in [-0.39, 0.29) is 9.68 Å². The average Bonchev–Trinajstić information content (AvgIpc) is 2.14. The van der Waals surface area contributed by atoms with Gasteiger partial charge in [-0.25, -0.2) is 0 Å². The van der Waals surface area contributed by atoms with Crippen molar-refractivity contribution in [1.29, 1.82) is 0 Å². The number of hydrogen-bond acceptors (Lipinski definition) is 2. The van der Waals surface area contributed by atoms with Gasteiger partial charge in [-0.15, -0.1) is 0 Å². The summed E-state index contributed by atoms with van der Waals surface area (Å²) in [4.78, 5) is 3.46. The van der Waals surface area contributed by atoms with Crippen molar-refractivity contribution in [1.82, 2.24) is 0 Å². The molecule has 0 heterocycles. The van der Waals surface area contributed by atoms with E-state index in [1.165, 1.54) is 11.7 Å². The Balaban J connectivity index is 2.16. The monoisotopic (exact) mass is 180 g/mol. The van der Waals surface area contributed by atoms with Crippen LogP contribution < -0.4 is 10.7 Å². The summed E-state index contributed by atoms with van der Waals surface area (Å²) in [6, 6.07) is 11.6. The first kappa shape index (κ1) is 9.29. The number of nitrogens with two attached hydrogens (primary N) is 1. The molecule has 0 aliphatic rings. The molecule has 0 atom stereocenters. The highest BCUT2D eigenvalue weighted by Crippen LogP contribution is 2.03. The van der Waals surface area contributed by atoms with Crippen molar-refractivity contribution in [2.45, 2.75) is 12.5 Å². The molecule has 1 aromatic carbocycles. The van der Waals surface area contributed by atoms with Crippen LogP contribution in [0, 0.1) is 0 Å². The van der Waals surface area contributed by atoms with Crippen LogP contribution in [0.5, 0.6) is 0 Å². The zero-order valence-electron chi connectivity index (χ0n) is 7.29. The summed E-state index contributed by atoms with van der Waals surface area (Å²) in [5, 5.41) is 0. The molecule has 3 heteroatoms. The maximum Gasteiger partial charge on any atom is 0.120 e. The van der Waals surface area contributed by atoms with Crippen molar-refractivity contribution >= 4 is 15.4 Å². The number of rotatable bonds is 5. The van der Waals surface area contributed by atoms with Crippen molar-refractivity contribution in [2.75, 3.05) is 11.5 Å². The molecule has 0 aliphatic heterocycles. The van der Waals surface area contributed by atoms with E-state index >= 15 is 0 Å². The van der Waals surface area contributed by atoms with Gasteiger partial charge in [0.1, 0.15) is 9.68 Å². The van der Waals surface area contributed by atoms with Crippen LogP contribution in [-0.4, -0.2) is 16.2 Å². The molecular formula is C9H16N2Si. The van der Waals surface area contributed by atoms with E-state index in [0.717, 1.165) is 13.0 Å². The Morgan fingerprint density at radius 2 is 2.00 bits per heavy atom. The Bertz CT molecular complexity index is 201. The molecule has 0 bridgehead atoms. The lowest BCUT2D eigenvalue weighted by Crippen LogP contribution is -2.08. The summed E-state index contributed by atoms with van der Waals surface area (Å²) in [5.74, 6) is 0. The normalized spacial score (nSPS) is 10.8. The lowest BCUT2D eigenvalue weighted by atomic mass is 10.3. The van der Waals surface area contributed by atoms with Gasteiger partial charge in [-0.05, 0) is 31.1 Å².